The summed E-state index contributed by atoms with van der Waals surface area (Å²) in [5.74, 6) is 0.799. The highest BCUT2D eigenvalue weighted by Gasteiger charge is 2.13. The number of amides is 1. The van der Waals surface area contributed by atoms with Crippen LogP contribution in [0, 0.1) is 6.92 Å². The Morgan fingerprint density at radius 3 is 2.68 bits per heavy atom. The fourth-order valence-corrected chi connectivity index (χ4v) is 2.51. The predicted molar refractivity (Wildman–Crippen MR) is 94.0 cm³/mol. The predicted octanol–water partition coefficient (Wildman–Crippen LogP) is 2.98. The van der Waals surface area contributed by atoms with E-state index in [1.807, 2.05) is 36.4 Å². The summed E-state index contributed by atoms with van der Waals surface area (Å²) in [5.41, 5.74) is 1.96. The fraction of sp³-hybridized carbons (Fsp3) is 0.0556. The van der Waals surface area contributed by atoms with E-state index in [2.05, 4.69) is 30.2 Å². The first-order valence-corrected chi connectivity index (χ1v) is 7.72. The van der Waals surface area contributed by atoms with E-state index in [1.165, 1.54) is 0 Å². The third-order valence-electron chi connectivity index (χ3n) is 3.64. The average Bonchev–Trinajstić information content (AvgIpc) is 3.06. The van der Waals surface area contributed by atoms with Crippen LogP contribution in [-0.4, -0.2) is 30.8 Å². The van der Waals surface area contributed by atoms with Crippen molar-refractivity contribution in [3.8, 4) is 11.5 Å². The van der Waals surface area contributed by atoms with Crippen molar-refractivity contribution in [1.82, 2.24) is 24.9 Å². The van der Waals surface area contributed by atoms with E-state index in [4.69, 9.17) is 0 Å². The summed E-state index contributed by atoms with van der Waals surface area (Å²) in [6.07, 6.45) is 1.66. The second-order valence-electron chi connectivity index (χ2n) is 5.47. The minimum atomic E-state index is -0.311. The number of nitrogens with zero attached hydrogens (tertiary/aromatic N) is 4. The molecule has 1 amide bonds. The quantitative estimate of drug-likeness (QED) is 0.602. The van der Waals surface area contributed by atoms with Crippen LogP contribution in [0.25, 0.3) is 22.4 Å². The van der Waals surface area contributed by atoms with E-state index in [0.717, 1.165) is 10.9 Å². The number of aromatic amines is 1. The fourth-order valence-electron chi connectivity index (χ4n) is 2.51. The Morgan fingerprint density at radius 1 is 1.04 bits per heavy atom. The van der Waals surface area contributed by atoms with E-state index in [9.17, 15) is 4.79 Å². The van der Waals surface area contributed by atoms with Gasteiger partial charge in [0.1, 0.15) is 17.2 Å². The summed E-state index contributed by atoms with van der Waals surface area (Å²) < 4.78 is 0. The van der Waals surface area contributed by atoms with Crippen molar-refractivity contribution in [1.29, 1.82) is 0 Å². The molecule has 122 valence electrons. The third-order valence-corrected chi connectivity index (χ3v) is 3.64. The molecule has 25 heavy (non-hydrogen) atoms. The molecule has 0 radical (unpaired) electrons. The Bertz CT molecular complexity index is 1020. The van der Waals surface area contributed by atoms with Gasteiger partial charge < -0.3 is 4.98 Å². The van der Waals surface area contributed by atoms with Crippen LogP contribution in [0.15, 0.2) is 54.7 Å². The summed E-state index contributed by atoms with van der Waals surface area (Å²) >= 11 is 0. The zero-order chi connectivity index (χ0) is 17.2. The lowest BCUT2D eigenvalue weighted by Crippen LogP contribution is -2.16. The molecule has 0 unspecified atom stereocenters. The number of aromatic nitrogens is 5. The first-order chi connectivity index (χ1) is 12.2. The van der Waals surface area contributed by atoms with Gasteiger partial charge in [-0.3, -0.25) is 15.1 Å². The van der Waals surface area contributed by atoms with Gasteiger partial charge in [-0.15, -0.1) is 0 Å². The maximum atomic E-state index is 12.5. The van der Waals surface area contributed by atoms with Crippen molar-refractivity contribution in [3.05, 3.63) is 66.2 Å². The molecule has 0 saturated heterocycles. The molecule has 2 N–H and O–H groups in total. The molecule has 3 aromatic heterocycles. The monoisotopic (exact) mass is 330 g/mol. The molecular formula is C18H14N6O. The second-order valence-corrected chi connectivity index (χ2v) is 5.47. The molecule has 0 aliphatic heterocycles. The molecule has 7 heteroatoms. The minimum absolute atomic E-state index is 0.191. The Hall–Kier alpha value is -3.61. The zero-order valence-electron chi connectivity index (χ0n) is 13.4. The number of hydrogen-bond donors (Lipinski definition) is 2. The van der Waals surface area contributed by atoms with Gasteiger partial charge in [0.2, 0.25) is 5.95 Å². The lowest BCUT2D eigenvalue weighted by Gasteiger charge is -2.05. The van der Waals surface area contributed by atoms with Crippen LogP contribution in [0.1, 0.15) is 16.3 Å². The van der Waals surface area contributed by atoms with Gasteiger partial charge in [0.25, 0.3) is 5.91 Å². The molecule has 3 heterocycles. The Balaban J connectivity index is 1.64. The minimum Gasteiger partial charge on any atom is -0.351 e. The number of benzene rings is 1. The highest BCUT2D eigenvalue weighted by atomic mass is 16.2. The van der Waals surface area contributed by atoms with Crippen molar-refractivity contribution in [2.75, 3.05) is 5.32 Å². The van der Waals surface area contributed by atoms with Crippen molar-refractivity contribution >= 4 is 22.8 Å². The lowest BCUT2D eigenvalue weighted by atomic mass is 10.2. The van der Waals surface area contributed by atoms with Crippen LogP contribution in [-0.2, 0) is 0 Å². The van der Waals surface area contributed by atoms with Gasteiger partial charge in [-0.1, -0.05) is 24.3 Å². The van der Waals surface area contributed by atoms with Crippen LogP contribution in [0.3, 0.4) is 0 Å². The van der Waals surface area contributed by atoms with Gasteiger partial charge in [-0.05, 0) is 31.2 Å². The van der Waals surface area contributed by atoms with Crippen LogP contribution in [0.2, 0.25) is 0 Å². The van der Waals surface area contributed by atoms with Gasteiger partial charge in [-0.2, -0.15) is 9.97 Å². The number of carbonyl (C=O) groups excluding carboxylic acids is 1. The Labute approximate surface area is 143 Å². The van der Waals surface area contributed by atoms with Crippen molar-refractivity contribution in [2.45, 2.75) is 6.92 Å². The molecule has 4 aromatic rings. The molecule has 4 rings (SSSR count). The number of H-pyrrole nitrogens is 1. The lowest BCUT2D eigenvalue weighted by molar-refractivity contribution is 0.102. The molecular weight excluding hydrogens is 316 g/mol. The normalized spacial score (nSPS) is 10.8. The van der Waals surface area contributed by atoms with Crippen molar-refractivity contribution in [3.63, 3.8) is 0 Å². The number of rotatable bonds is 3. The topological polar surface area (TPSA) is 96.5 Å². The summed E-state index contributed by atoms with van der Waals surface area (Å²) in [6, 6.07) is 14.9. The van der Waals surface area contributed by atoms with E-state index < -0.39 is 0 Å². The average molecular weight is 330 g/mol. The third kappa shape index (κ3) is 3.07. The highest BCUT2D eigenvalue weighted by Crippen LogP contribution is 2.16. The van der Waals surface area contributed by atoms with E-state index >= 15 is 0 Å². The molecule has 0 spiro atoms. The number of anilines is 1. The Morgan fingerprint density at radius 2 is 1.88 bits per heavy atom. The number of hydrogen-bond acceptors (Lipinski definition) is 5. The SMILES string of the molecule is Cc1nc(NC(=O)c2cc3ccccc3[nH]2)nc(-c2ccccn2)n1. The van der Waals surface area contributed by atoms with Crippen molar-refractivity contribution < 1.29 is 4.79 Å². The summed E-state index contributed by atoms with van der Waals surface area (Å²) in [6.45, 7) is 1.74. The molecule has 0 fully saturated rings. The summed E-state index contributed by atoms with van der Waals surface area (Å²) in [5, 5.41) is 3.68. The molecule has 1 aromatic carbocycles. The van der Waals surface area contributed by atoms with Gasteiger partial charge in [-0.25, -0.2) is 4.98 Å². The largest absolute Gasteiger partial charge is 0.351 e. The number of fused-ring (bicyclic) bond motifs is 1. The highest BCUT2D eigenvalue weighted by molar-refractivity contribution is 6.05. The molecule has 0 atom stereocenters. The number of pyridine rings is 1. The second kappa shape index (κ2) is 6.12. The summed E-state index contributed by atoms with van der Waals surface area (Å²) in [7, 11) is 0. The van der Waals surface area contributed by atoms with Gasteiger partial charge in [0, 0.05) is 17.1 Å². The maximum Gasteiger partial charge on any atom is 0.274 e. The smallest absolute Gasteiger partial charge is 0.274 e. The number of aryl methyl sites for hydroxylation is 1. The molecule has 0 saturated carbocycles. The molecule has 0 aliphatic carbocycles. The van der Waals surface area contributed by atoms with Gasteiger partial charge >= 0.3 is 0 Å². The molecule has 0 bridgehead atoms. The Kier molecular flexibility index (Phi) is 3.66. The van der Waals surface area contributed by atoms with E-state index in [0.29, 0.717) is 23.0 Å². The van der Waals surface area contributed by atoms with Crippen molar-refractivity contribution in [2.24, 2.45) is 0 Å². The van der Waals surface area contributed by atoms with Crippen LogP contribution in [0.4, 0.5) is 5.95 Å². The number of para-hydroxylation sites is 1. The number of nitrogens with one attached hydrogen (secondary N) is 2. The molecule has 0 aliphatic rings. The van der Waals surface area contributed by atoms with Crippen LogP contribution in [0.5, 0.6) is 0 Å². The van der Waals surface area contributed by atoms with Crippen LogP contribution < -0.4 is 5.32 Å². The zero-order valence-corrected chi connectivity index (χ0v) is 13.4. The van der Waals surface area contributed by atoms with Gasteiger partial charge in [0.05, 0.1) is 0 Å². The van der Waals surface area contributed by atoms with Crippen LogP contribution >= 0.6 is 0 Å². The van der Waals surface area contributed by atoms with E-state index in [1.54, 1.807) is 25.3 Å². The standard InChI is InChI=1S/C18H14N6O/c1-11-20-16(14-8-4-5-9-19-14)23-18(21-11)24-17(25)15-10-12-6-2-3-7-13(12)22-15/h2-10,22H,1H3,(H,20,21,23,24,25). The van der Waals surface area contributed by atoms with Gasteiger partial charge in [0.15, 0.2) is 5.82 Å². The van der Waals surface area contributed by atoms with E-state index in [-0.39, 0.29) is 11.9 Å². The first kappa shape index (κ1) is 14.9. The maximum absolute atomic E-state index is 12.5. The molecule has 7 nitrogen and oxygen atoms in total. The summed E-state index contributed by atoms with van der Waals surface area (Å²) in [4.78, 5) is 32.5. The number of carbonyl (C=O) groups is 1. The first-order valence-electron chi connectivity index (χ1n) is 7.72.